The summed E-state index contributed by atoms with van der Waals surface area (Å²) in [5.74, 6) is 0.952. The van der Waals surface area contributed by atoms with Crippen LogP contribution < -0.4 is 10.2 Å². The zero-order chi connectivity index (χ0) is 18.6. The first kappa shape index (κ1) is 17.3. The van der Waals surface area contributed by atoms with Crippen molar-refractivity contribution >= 4 is 11.7 Å². The van der Waals surface area contributed by atoms with Crippen molar-refractivity contribution in [3.63, 3.8) is 0 Å². The number of nitrogens with one attached hydrogen (secondary N) is 2. The van der Waals surface area contributed by atoms with Gasteiger partial charge in [-0.2, -0.15) is 5.10 Å². The van der Waals surface area contributed by atoms with Crippen molar-refractivity contribution in [1.29, 1.82) is 0 Å². The third-order valence-electron chi connectivity index (χ3n) is 4.97. The van der Waals surface area contributed by atoms with Crippen LogP contribution in [-0.2, 0) is 0 Å². The number of nitrogens with zero attached hydrogens (tertiary/aromatic N) is 3. The van der Waals surface area contributed by atoms with Gasteiger partial charge in [-0.15, -0.1) is 0 Å². The van der Waals surface area contributed by atoms with Crippen LogP contribution in [0.2, 0.25) is 0 Å². The van der Waals surface area contributed by atoms with Gasteiger partial charge < -0.3 is 10.2 Å². The van der Waals surface area contributed by atoms with Crippen LogP contribution in [0.25, 0.3) is 11.3 Å². The van der Waals surface area contributed by atoms with E-state index in [-0.39, 0.29) is 11.9 Å². The number of carbonyl (C=O) groups excluding carboxylic acids is 1. The van der Waals surface area contributed by atoms with Crippen LogP contribution in [0.1, 0.15) is 28.8 Å². The Morgan fingerprint density at radius 1 is 1.19 bits per heavy atom. The van der Waals surface area contributed by atoms with Gasteiger partial charge in [0, 0.05) is 48.7 Å². The summed E-state index contributed by atoms with van der Waals surface area (Å²) in [4.78, 5) is 18.8. The lowest BCUT2D eigenvalue weighted by atomic mass is 10.0. The molecule has 0 atom stereocenters. The average molecular weight is 361 g/mol. The molecule has 3 heterocycles. The number of carbonyl (C=O) groups is 1. The summed E-state index contributed by atoms with van der Waals surface area (Å²) >= 11 is 0. The monoisotopic (exact) mass is 361 g/mol. The molecule has 0 bridgehead atoms. The third kappa shape index (κ3) is 4.00. The molecule has 0 spiro atoms. The number of aryl methyl sites for hydroxylation is 1. The Bertz CT molecular complexity index is 913. The summed E-state index contributed by atoms with van der Waals surface area (Å²) in [5.41, 5.74) is 3.82. The molecule has 2 N–H and O–H groups in total. The molecule has 6 heteroatoms. The van der Waals surface area contributed by atoms with Crippen molar-refractivity contribution in [3.8, 4) is 11.3 Å². The van der Waals surface area contributed by atoms with Crippen LogP contribution >= 0.6 is 0 Å². The summed E-state index contributed by atoms with van der Waals surface area (Å²) in [5, 5.41) is 10.7. The van der Waals surface area contributed by atoms with Crippen molar-refractivity contribution in [1.82, 2.24) is 20.5 Å². The lowest BCUT2D eigenvalue weighted by Crippen LogP contribution is -2.44. The first-order valence-corrected chi connectivity index (χ1v) is 9.27. The summed E-state index contributed by atoms with van der Waals surface area (Å²) in [6, 6.07) is 13.9. The zero-order valence-electron chi connectivity index (χ0n) is 15.4. The van der Waals surface area contributed by atoms with Gasteiger partial charge in [-0.3, -0.25) is 14.9 Å². The standard InChI is InChI=1S/C21H23N5O/c1-15-4-2-5-16(12-15)21(27)23-18-7-10-26(11-8-18)20-13-19(24-25-20)17-6-3-9-22-14-17/h2-6,9,12-14,18H,7-8,10-11H2,1H3,(H,23,27)(H,24,25). The van der Waals surface area contributed by atoms with Crippen LogP contribution in [0.3, 0.4) is 0 Å². The molecule has 0 saturated carbocycles. The van der Waals surface area contributed by atoms with Gasteiger partial charge in [0.15, 0.2) is 5.82 Å². The predicted molar refractivity (Wildman–Crippen MR) is 106 cm³/mol. The van der Waals surface area contributed by atoms with Crippen LogP contribution in [-0.4, -0.2) is 40.2 Å². The zero-order valence-corrected chi connectivity index (χ0v) is 15.4. The number of benzene rings is 1. The molecule has 1 amide bonds. The molecule has 1 aliphatic rings. The molecule has 1 fully saturated rings. The fourth-order valence-electron chi connectivity index (χ4n) is 3.45. The molecule has 1 saturated heterocycles. The Kier molecular flexibility index (Phi) is 4.87. The van der Waals surface area contributed by atoms with Crippen molar-refractivity contribution in [2.24, 2.45) is 0 Å². The van der Waals surface area contributed by atoms with Gasteiger partial charge in [0.1, 0.15) is 0 Å². The number of hydrogen-bond donors (Lipinski definition) is 2. The largest absolute Gasteiger partial charge is 0.355 e. The summed E-state index contributed by atoms with van der Waals surface area (Å²) in [6.07, 6.45) is 5.40. The van der Waals surface area contributed by atoms with E-state index < -0.39 is 0 Å². The number of aromatic nitrogens is 3. The highest BCUT2D eigenvalue weighted by molar-refractivity contribution is 5.94. The molecule has 1 aliphatic heterocycles. The molecular formula is C21H23N5O. The van der Waals surface area contributed by atoms with Crippen molar-refractivity contribution in [2.45, 2.75) is 25.8 Å². The van der Waals surface area contributed by atoms with Gasteiger partial charge in [-0.05, 0) is 44.0 Å². The maximum Gasteiger partial charge on any atom is 0.251 e. The Morgan fingerprint density at radius 2 is 2.04 bits per heavy atom. The first-order valence-electron chi connectivity index (χ1n) is 9.27. The maximum atomic E-state index is 12.4. The van der Waals surface area contributed by atoms with E-state index in [9.17, 15) is 4.79 Å². The van der Waals surface area contributed by atoms with E-state index in [1.54, 1.807) is 6.20 Å². The lowest BCUT2D eigenvalue weighted by Gasteiger charge is -2.32. The van der Waals surface area contributed by atoms with Crippen LogP contribution in [0.4, 0.5) is 5.82 Å². The second-order valence-corrected chi connectivity index (χ2v) is 6.99. The minimum atomic E-state index is 0.00998. The van der Waals surface area contributed by atoms with Crippen LogP contribution in [0.5, 0.6) is 0 Å². The fraction of sp³-hybridized carbons (Fsp3) is 0.286. The highest BCUT2D eigenvalue weighted by Crippen LogP contribution is 2.23. The molecule has 3 aromatic rings. The van der Waals surface area contributed by atoms with Gasteiger partial charge in [0.05, 0.1) is 5.69 Å². The Labute approximate surface area is 158 Å². The van der Waals surface area contributed by atoms with Gasteiger partial charge in [0.25, 0.3) is 5.91 Å². The van der Waals surface area contributed by atoms with Gasteiger partial charge in [-0.25, -0.2) is 0 Å². The number of rotatable bonds is 4. The van der Waals surface area contributed by atoms with E-state index in [4.69, 9.17) is 0 Å². The van der Waals surface area contributed by atoms with E-state index >= 15 is 0 Å². The number of pyridine rings is 1. The Balaban J connectivity index is 1.34. The summed E-state index contributed by atoms with van der Waals surface area (Å²) < 4.78 is 0. The van der Waals surface area contributed by atoms with Crippen molar-refractivity contribution < 1.29 is 4.79 Å². The number of amides is 1. The topological polar surface area (TPSA) is 73.9 Å². The SMILES string of the molecule is Cc1cccc(C(=O)NC2CCN(c3cc(-c4cccnc4)[nH]n3)CC2)c1. The summed E-state index contributed by atoms with van der Waals surface area (Å²) in [7, 11) is 0. The van der Waals surface area contributed by atoms with Gasteiger partial charge in [-0.1, -0.05) is 17.7 Å². The van der Waals surface area contributed by atoms with E-state index in [1.165, 1.54) is 0 Å². The second kappa shape index (κ2) is 7.61. The smallest absolute Gasteiger partial charge is 0.251 e. The van der Waals surface area contributed by atoms with Crippen molar-refractivity contribution in [3.05, 3.63) is 66.0 Å². The first-order chi connectivity index (χ1) is 13.2. The molecule has 4 rings (SSSR count). The molecule has 6 nitrogen and oxygen atoms in total. The fourth-order valence-corrected chi connectivity index (χ4v) is 3.45. The molecule has 1 aromatic carbocycles. The molecular weight excluding hydrogens is 338 g/mol. The molecule has 0 radical (unpaired) electrons. The van der Waals surface area contributed by atoms with Crippen molar-refractivity contribution in [2.75, 3.05) is 18.0 Å². The number of piperidine rings is 1. The van der Waals surface area contributed by atoms with E-state index in [2.05, 4.69) is 31.5 Å². The highest BCUT2D eigenvalue weighted by atomic mass is 16.1. The third-order valence-corrected chi connectivity index (χ3v) is 4.97. The minimum Gasteiger partial charge on any atom is -0.355 e. The number of anilines is 1. The van der Waals surface area contributed by atoms with E-state index in [0.29, 0.717) is 0 Å². The molecule has 2 aromatic heterocycles. The quantitative estimate of drug-likeness (QED) is 0.748. The molecule has 27 heavy (non-hydrogen) atoms. The second-order valence-electron chi connectivity index (χ2n) is 6.99. The summed E-state index contributed by atoms with van der Waals surface area (Å²) in [6.45, 7) is 3.74. The van der Waals surface area contributed by atoms with Crippen LogP contribution in [0.15, 0.2) is 54.9 Å². The number of aromatic amines is 1. The number of H-pyrrole nitrogens is 1. The number of hydrogen-bond acceptors (Lipinski definition) is 4. The molecule has 138 valence electrons. The van der Waals surface area contributed by atoms with Gasteiger partial charge >= 0.3 is 0 Å². The molecule has 0 aliphatic carbocycles. The normalized spacial score (nSPS) is 14.9. The highest BCUT2D eigenvalue weighted by Gasteiger charge is 2.22. The van der Waals surface area contributed by atoms with Gasteiger partial charge in [0.2, 0.25) is 0 Å². The lowest BCUT2D eigenvalue weighted by molar-refractivity contribution is 0.0931. The Morgan fingerprint density at radius 3 is 2.78 bits per heavy atom. The Hall–Kier alpha value is -3.15. The maximum absolute atomic E-state index is 12.4. The minimum absolute atomic E-state index is 0.00998. The average Bonchev–Trinajstić information content (AvgIpc) is 3.19. The van der Waals surface area contributed by atoms with Crippen LogP contribution in [0, 0.1) is 6.92 Å². The van der Waals surface area contributed by atoms with E-state index in [0.717, 1.165) is 54.1 Å². The van der Waals surface area contributed by atoms with E-state index in [1.807, 2.05) is 49.5 Å². The molecule has 0 unspecified atom stereocenters. The predicted octanol–water partition coefficient (Wildman–Crippen LogP) is 3.18.